The summed E-state index contributed by atoms with van der Waals surface area (Å²) >= 11 is 0. The molecule has 0 fully saturated rings. The number of hydrogen-bond donors (Lipinski definition) is 2. The zero-order valence-corrected chi connectivity index (χ0v) is 12.2. The fourth-order valence-corrected chi connectivity index (χ4v) is 2.78. The topological polar surface area (TPSA) is 116 Å². The molecule has 0 aliphatic heterocycles. The first-order valence-electron chi connectivity index (χ1n) is 5.80. The molecule has 1 heterocycles. The Kier molecular flexibility index (Phi) is 4.13. The predicted octanol–water partition coefficient (Wildman–Crippen LogP) is 0.877. The van der Waals surface area contributed by atoms with Crippen molar-refractivity contribution in [1.29, 1.82) is 0 Å². The van der Waals surface area contributed by atoms with Gasteiger partial charge in [-0.2, -0.15) is 4.98 Å². The molecular weight excluding hydrogens is 296 g/mol. The third-order valence-corrected chi connectivity index (χ3v) is 4.00. The number of ether oxygens (including phenoxy) is 2. The van der Waals surface area contributed by atoms with E-state index in [1.54, 1.807) is 12.1 Å². The van der Waals surface area contributed by atoms with Gasteiger partial charge in [-0.1, -0.05) is 12.1 Å². The van der Waals surface area contributed by atoms with Crippen molar-refractivity contribution in [1.82, 2.24) is 9.97 Å². The second-order valence-electron chi connectivity index (χ2n) is 3.92. The summed E-state index contributed by atoms with van der Waals surface area (Å²) in [5, 5.41) is 0. The Morgan fingerprint density at radius 3 is 2.52 bits per heavy atom. The van der Waals surface area contributed by atoms with Crippen LogP contribution in [0.1, 0.15) is 0 Å². The number of benzene rings is 1. The Morgan fingerprint density at radius 1 is 1.19 bits per heavy atom. The smallest absolute Gasteiger partial charge is 0.319 e. The number of nitrogens with zero attached hydrogens (tertiary/aromatic N) is 2. The van der Waals surface area contributed by atoms with Gasteiger partial charge in [0.1, 0.15) is 10.6 Å². The van der Waals surface area contributed by atoms with E-state index in [1.807, 2.05) is 0 Å². The van der Waals surface area contributed by atoms with Gasteiger partial charge in [-0.15, -0.1) is 0 Å². The standard InChI is InChI=1S/C12H14N4O4S/c1-19-11-9(7-14-12(15-11)20-2)16-21(17,18)10-6-4-3-5-8(10)13/h3-7,16H,13H2,1-2H3. The first kappa shape index (κ1) is 14.9. The average molecular weight is 310 g/mol. The molecule has 2 aromatic rings. The number of methoxy groups -OCH3 is 2. The highest BCUT2D eigenvalue weighted by molar-refractivity contribution is 7.92. The number of aromatic nitrogens is 2. The van der Waals surface area contributed by atoms with E-state index in [1.165, 1.54) is 32.5 Å². The van der Waals surface area contributed by atoms with E-state index in [-0.39, 0.29) is 28.2 Å². The van der Waals surface area contributed by atoms with E-state index in [2.05, 4.69) is 14.7 Å². The summed E-state index contributed by atoms with van der Waals surface area (Å²) in [6, 6.07) is 6.18. The third kappa shape index (κ3) is 3.14. The Morgan fingerprint density at radius 2 is 1.90 bits per heavy atom. The Labute approximate surface area is 122 Å². The molecule has 2 rings (SSSR count). The van der Waals surface area contributed by atoms with Crippen LogP contribution in [0.25, 0.3) is 0 Å². The molecule has 9 heteroatoms. The lowest BCUT2D eigenvalue weighted by atomic mass is 10.3. The second-order valence-corrected chi connectivity index (χ2v) is 5.57. The van der Waals surface area contributed by atoms with Crippen molar-refractivity contribution >= 4 is 21.4 Å². The summed E-state index contributed by atoms with van der Waals surface area (Å²) in [5.74, 6) is 0.0416. The van der Waals surface area contributed by atoms with Gasteiger partial charge in [0.15, 0.2) is 0 Å². The quantitative estimate of drug-likeness (QED) is 0.787. The van der Waals surface area contributed by atoms with Gasteiger partial charge in [0.2, 0.25) is 5.88 Å². The Bertz CT molecular complexity index is 749. The van der Waals surface area contributed by atoms with Crippen molar-refractivity contribution in [3.8, 4) is 11.9 Å². The monoisotopic (exact) mass is 310 g/mol. The number of nitrogen functional groups attached to an aromatic ring is 1. The van der Waals surface area contributed by atoms with Crippen LogP contribution in [0, 0.1) is 0 Å². The van der Waals surface area contributed by atoms with E-state index in [0.717, 1.165) is 0 Å². The molecule has 3 N–H and O–H groups in total. The maximum atomic E-state index is 12.3. The van der Waals surface area contributed by atoms with E-state index in [0.29, 0.717) is 0 Å². The molecule has 0 aliphatic rings. The molecule has 0 radical (unpaired) electrons. The number of para-hydroxylation sites is 1. The average Bonchev–Trinajstić information content (AvgIpc) is 2.47. The molecule has 0 atom stereocenters. The van der Waals surface area contributed by atoms with Crippen LogP contribution in [0.3, 0.4) is 0 Å². The summed E-state index contributed by atoms with van der Waals surface area (Å²) < 4.78 is 36.8. The predicted molar refractivity (Wildman–Crippen MR) is 76.8 cm³/mol. The first-order chi connectivity index (χ1) is 9.97. The van der Waals surface area contributed by atoms with Gasteiger partial charge < -0.3 is 15.2 Å². The molecule has 1 aromatic heterocycles. The van der Waals surface area contributed by atoms with Crippen molar-refractivity contribution in [2.75, 3.05) is 24.7 Å². The van der Waals surface area contributed by atoms with E-state index in [9.17, 15) is 8.42 Å². The maximum Gasteiger partial charge on any atom is 0.319 e. The summed E-state index contributed by atoms with van der Waals surface area (Å²) in [6.45, 7) is 0. The molecule has 0 amide bonds. The highest BCUT2D eigenvalue weighted by Crippen LogP contribution is 2.27. The van der Waals surface area contributed by atoms with E-state index >= 15 is 0 Å². The zero-order valence-electron chi connectivity index (χ0n) is 11.4. The van der Waals surface area contributed by atoms with E-state index in [4.69, 9.17) is 15.2 Å². The molecule has 0 bridgehead atoms. The highest BCUT2D eigenvalue weighted by atomic mass is 32.2. The molecule has 0 saturated carbocycles. The molecule has 0 aliphatic carbocycles. The minimum Gasteiger partial charge on any atom is -0.479 e. The number of rotatable bonds is 5. The molecule has 0 saturated heterocycles. The molecule has 21 heavy (non-hydrogen) atoms. The lowest BCUT2D eigenvalue weighted by Crippen LogP contribution is -2.16. The van der Waals surface area contributed by atoms with Crippen LogP contribution in [0.2, 0.25) is 0 Å². The SMILES string of the molecule is COc1ncc(NS(=O)(=O)c2ccccc2N)c(OC)n1. The third-order valence-electron chi connectivity index (χ3n) is 2.56. The highest BCUT2D eigenvalue weighted by Gasteiger charge is 2.20. The molecule has 8 nitrogen and oxygen atoms in total. The Hall–Kier alpha value is -2.55. The van der Waals surface area contributed by atoms with Gasteiger partial charge in [-0.25, -0.2) is 13.4 Å². The number of nitrogens with one attached hydrogen (secondary N) is 1. The van der Waals surface area contributed by atoms with Crippen LogP contribution in [-0.4, -0.2) is 32.6 Å². The number of nitrogens with two attached hydrogens (primary N) is 1. The van der Waals surface area contributed by atoms with Crippen molar-refractivity contribution < 1.29 is 17.9 Å². The minimum atomic E-state index is -3.87. The van der Waals surface area contributed by atoms with Crippen LogP contribution >= 0.6 is 0 Å². The molecule has 1 aromatic carbocycles. The van der Waals surface area contributed by atoms with Crippen LogP contribution in [-0.2, 0) is 10.0 Å². The lowest BCUT2D eigenvalue weighted by molar-refractivity contribution is 0.353. The van der Waals surface area contributed by atoms with Crippen molar-refractivity contribution in [3.63, 3.8) is 0 Å². The largest absolute Gasteiger partial charge is 0.479 e. The number of sulfonamides is 1. The van der Waals surface area contributed by atoms with Gasteiger partial charge in [-0.05, 0) is 12.1 Å². The van der Waals surface area contributed by atoms with Gasteiger partial charge in [-0.3, -0.25) is 4.72 Å². The van der Waals surface area contributed by atoms with Crippen molar-refractivity contribution in [2.24, 2.45) is 0 Å². The summed E-state index contributed by atoms with van der Waals surface area (Å²) in [6.07, 6.45) is 1.25. The summed E-state index contributed by atoms with van der Waals surface area (Å²) in [5.41, 5.74) is 5.90. The Balaban J connectivity index is 2.40. The van der Waals surface area contributed by atoms with Crippen molar-refractivity contribution in [3.05, 3.63) is 30.5 Å². The molecule has 0 unspecified atom stereocenters. The molecule has 112 valence electrons. The molecule has 0 spiro atoms. The van der Waals surface area contributed by atoms with Crippen LogP contribution < -0.4 is 19.9 Å². The molecular formula is C12H14N4O4S. The van der Waals surface area contributed by atoms with Gasteiger partial charge >= 0.3 is 6.01 Å². The minimum absolute atomic E-state index is 0.0390. The number of anilines is 2. The van der Waals surface area contributed by atoms with Crippen LogP contribution in [0.4, 0.5) is 11.4 Å². The summed E-state index contributed by atoms with van der Waals surface area (Å²) in [7, 11) is -1.12. The van der Waals surface area contributed by atoms with E-state index < -0.39 is 10.0 Å². The fraction of sp³-hybridized carbons (Fsp3) is 0.167. The number of hydrogen-bond acceptors (Lipinski definition) is 7. The lowest BCUT2D eigenvalue weighted by Gasteiger charge is -2.12. The summed E-state index contributed by atoms with van der Waals surface area (Å²) in [4.78, 5) is 7.69. The van der Waals surface area contributed by atoms with Crippen LogP contribution in [0.15, 0.2) is 35.4 Å². The zero-order chi connectivity index (χ0) is 15.5. The normalized spacial score (nSPS) is 11.0. The fourth-order valence-electron chi connectivity index (χ4n) is 1.60. The first-order valence-corrected chi connectivity index (χ1v) is 7.28. The van der Waals surface area contributed by atoms with Gasteiger partial charge in [0.25, 0.3) is 10.0 Å². The second kappa shape index (κ2) is 5.83. The van der Waals surface area contributed by atoms with Crippen molar-refractivity contribution in [2.45, 2.75) is 4.90 Å². The van der Waals surface area contributed by atoms with Gasteiger partial charge in [0.05, 0.1) is 26.1 Å². The van der Waals surface area contributed by atoms with Crippen LogP contribution in [0.5, 0.6) is 11.9 Å². The maximum absolute atomic E-state index is 12.3. The van der Waals surface area contributed by atoms with Gasteiger partial charge in [0, 0.05) is 0 Å².